The highest BCUT2D eigenvalue weighted by Gasteiger charge is 2.08. The van der Waals surface area contributed by atoms with E-state index >= 15 is 0 Å². The Balaban J connectivity index is 2.16. The molecule has 0 fully saturated rings. The Morgan fingerprint density at radius 1 is 1.33 bits per heavy atom. The highest BCUT2D eigenvalue weighted by atomic mass is 16.5. The second kappa shape index (κ2) is 5.71. The molecule has 0 aliphatic carbocycles. The summed E-state index contributed by atoms with van der Waals surface area (Å²) in [6.45, 7) is 5.10. The summed E-state index contributed by atoms with van der Waals surface area (Å²) < 4.78 is 5.81. The van der Waals surface area contributed by atoms with E-state index in [0.29, 0.717) is 18.2 Å². The fourth-order valence-corrected chi connectivity index (χ4v) is 2.09. The van der Waals surface area contributed by atoms with Gasteiger partial charge in [0.15, 0.2) is 0 Å². The minimum Gasteiger partial charge on any atom is -0.491 e. The molecule has 0 aliphatic heterocycles. The summed E-state index contributed by atoms with van der Waals surface area (Å²) in [5.41, 5.74) is 7.71. The summed E-state index contributed by atoms with van der Waals surface area (Å²) in [7, 11) is 0. The molecule has 18 heavy (non-hydrogen) atoms. The Hall–Kier alpha value is -1.77. The van der Waals surface area contributed by atoms with Gasteiger partial charge in [-0.2, -0.15) is 0 Å². The molecular formula is C15H20N2O. The molecular weight excluding hydrogens is 224 g/mol. The highest BCUT2D eigenvalue weighted by Crippen LogP contribution is 2.29. The molecule has 0 saturated carbocycles. The van der Waals surface area contributed by atoms with E-state index in [4.69, 9.17) is 10.5 Å². The van der Waals surface area contributed by atoms with Crippen LogP contribution in [0.4, 0.5) is 5.69 Å². The van der Waals surface area contributed by atoms with Crippen LogP contribution in [0, 0.1) is 5.92 Å². The number of rotatable bonds is 5. The fourth-order valence-electron chi connectivity index (χ4n) is 2.09. The van der Waals surface area contributed by atoms with Crippen LogP contribution in [0.1, 0.15) is 26.7 Å². The predicted molar refractivity (Wildman–Crippen MR) is 75.7 cm³/mol. The van der Waals surface area contributed by atoms with E-state index < -0.39 is 0 Å². The minimum absolute atomic E-state index is 0.555. The molecule has 1 unspecified atom stereocenters. The quantitative estimate of drug-likeness (QED) is 0.817. The molecule has 0 amide bonds. The maximum atomic E-state index is 6.11. The molecule has 1 atom stereocenters. The molecule has 3 heteroatoms. The lowest BCUT2D eigenvalue weighted by molar-refractivity contribution is 0.253. The molecule has 2 N–H and O–H groups in total. The molecule has 1 aromatic carbocycles. The number of anilines is 1. The SMILES string of the molecule is CCCC(C)COc1ccc2ncccc2c1N. The summed E-state index contributed by atoms with van der Waals surface area (Å²) in [4.78, 5) is 4.27. The van der Waals surface area contributed by atoms with Crippen LogP contribution >= 0.6 is 0 Å². The van der Waals surface area contributed by atoms with Crippen LogP contribution in [0.5, 0.6) is 5.75 Å². The second-order valence-corrected chi connectivity index (χ2v) is 4.75. The fraction of sp³-hybridized carbons (Fsp3) is 0.400. The zero-order valence-electron chi connectivity index (χ0n) is 11.0. The zero-order chi connectivity index (χ0) is 13.0. The summed E-state index contributed by atoms with van der Waals surface area (Å²) in [5, 5.41) is 0.957. The Kier molecular flexibility index (Phi) is 4.03. The summed E-state index contributed by atoms with van der Waals surface area (Å²) in [6, 6.07) is 7.72. The van der Waals surface area contributed by atoms with Gasteiger partial charge in [0.1, 0.15) is 5.75 Å². The van der Waals surface area contributed by atoms with Gasteiger partial charge in [0.2, 0.25) is 0 Å². The van der Waals surface area contributed by atoms with E-state index in [1.807, 2.05) is 24.3 Å². The van der Waals surface area contributed by atoms with Crippen molar-refractivity contribution in [1.82, 2.24) is 4.98 Å². The maximum Gasteiger partial charge on any atom is 0.142 e. The van der Waals surface area contributed by atoms with Crippen molar-refractivity contribution in [3.05, 3.63) is 30.5 Å². The van der Waals surface area contributed by atoms with Crippen molar-refractivity contribution in [3.63, 3.8) is 0 Å². The predicted octanol–water partition coefficient (Wildman–Crippen LogP) is 3.63. The van der Waals surface area contributed by atoms with Gasteiger partial charge in [-0.05, 0) is 36.6 Å². The molecule has 0 saturated heterocycles. The monoisotopic (exact) mass is 244 g/mol. The number of aromatic nitrogens is 1. The molecule has 2 rings (SSSR count). The van der Waals surface area contributed by atoms with Crippen molar-refractivity contribution in [2.45, 2.75) is 26.7 Å². The Bertz CT molecular complexity index is 525. The van der Waals surface area contributed by atoms with Crippen molar-refractivity contribution in [2.24, 2.45) is 5.92 Å². The third-order valence-electron chi connectivity index (χ3n) is 3.09. The van der Waals surface area contributed by atoms with Crippen LogP contribution in [-0.4, -0.2) is 11.6 Å². The number of nitrogen functional groups attached to an aromatic ring is 1. The van der Waals surface area contributed by atoms with Gasteiger partial charge < -0.3 is 10.5 Å². The summed E-state index contributed by atoms with van der Waals surface area (Å²) in [5.74, 6) is 1.32. The molecule has 1 aromatic heterocycles. The van der Waals surface area contributed by atoms with Crippen LogP contribution in [0.15, 0.2) is 30.5 Å². The second-order valence-electron chi connectivity index (χ2n) is 4.75. The van der Waals surface area contributed by atoms with Gasteiger partial charge in [-0.25, -0.2) is 0 Å². The topological polar surface area (TPSA) is 48.1 Å². The van der Waals surface area contributed by atoms with Crippen molar-refractivity contribution in [1.29, 1.82) is 0 Å². The van der Waals surface area contributed by atoms with Gasteiger partial charge in [-0.1, -0.05) is 20.3 Å². The van der Waals surface area contributed by atoms with Crippen LogP contribution in [0.25, 0.3) is 10.9 Å². The molecule has 0 bridgehead atoms. The van der Waals surface area contributed by atoms with Crippen LogP contribution in [-0.2, 0) is 0 Å². The first-order valence-electron chi connectivity index (χ1n) is 6.48. The standard InChI is InChI=1S/C15H20N2O/c1-3-5-11(2)10-18-14-8-7-13-12(15(14)16)6-4-9-17-13/h4,6-9,11H,3,5,10,16H2,1-2H3. The smallest absolute Gasteiger partial charge is 0.142 e. The minimum atomic E-state index is 0.555. The number of nitrogens with zero attached hydrogens (tertiary/aromatic N) is 1. The third kappa shape index (κ3) is 2.73. The number of hydrogen-bond acceptors (Lipinski definition) is 3. The van der Waals surface area contributed by atoms with Crippen LogP contribution in [0.2, 0.25) is 0 Å². The number of pyridine rings is 1. The lowest BCUT2D eigenvalue weighted by atomic mass is 10.1. The summed E-state index contributed by atoms with van der Waals surface area (Å²) >= 11 is 0. The molecule has 0 aliphatic rings. The average Bonchev–Trinajstić information content (AvgIpc) is 2.39. The van der Waals surface area contributed by atoms with Gasteiger partial charge in [-0.3, -0.25) is 4.98 Å². The van der Waals surface area contributed by atoms with Crippen molar-refractivity contribution in [2.75, 3.05) is 12.3 Å². The van der Waals surface area contributed by atoms with E-state index in [-0.39, 0.29) is 0 Å². The molecule has 0 radical (unpaired) electrons. The number of ether oxygens (including phenoxy) is 1. The average molecular weight is 244 g/mol. The van der Waals surface area contributed by atoms with Crippen LogP contribution < -0.4 is 10.5 Å². The molecule has 0 spiro atoms. The molecule has 96 valence electrons. The van der Waals surface area contributed by atoms with Gasteiger partial charge in [-0.15, -0.1) is 0 Å². The van der Waals surface area contributed by atoms with Gasteiger partial charge >= 0.3 is 0 Å². The molecule has 2 aromatic rings. The van der Waals surface area contributed by atoms with E-state index in [2.05, 4.69) is 18.8 Å². The summed E-state index contributed by atoms with van der Waals surface area (Å²) in [6.07, 6.45) is 4.13. The molecule has 1 heterocycles. The first-order valence-corrected chi connectivity index (χ1v) is 6.48. The lowest BCUT2D eigenvalue weighted by Gasteiger charge is -2.14. The zero-order valence-corrected chi connectivity index (χ0v) is 11.0. The Morgan fingerprint density at radius 3 is 2.94 bits per heavy atom. The van der Waals surface area contributed by atoms with E-state index in [0.717, 1.165) is 16.7 Å². The van der Waals surface area contributed by atoms with Crippen molar-refractivity contribution in [3.8, 4) is 5.75 Å². The van der Waals surface area contributed by atoms with E-state index in [1.54, 1.807) is 6.20 Å². The third-order valence-corrected chi connectivity index (χ3v) is 3.09. The number of benzene rings is 1. The molecule has 3 nitrogen and oxygen atoms in total. The Morgan fingerprint density at radius 2 is 2.17 bits per heavy atom. The first kappa shape index (κ1) is 12.7. The number of nitrogens with two attached hydrogens (primary N) is 1. The van der Waals surface area contributed by atoms with E-state index in [9.17, 15) is 0 Å². The maximum absolute atomic E-state index is 6.11. The van der Waals surface area contributed by atoms with Gasteiger partial charge in [0.05, 0.1) is 17.8 Å². The van der Waals surface area contributed by atoms with Crippen molar-refractivity contribution < 1.29 is 4.74 Å². The van der Waals surface area contributed by atoms with Gasteiger partial charge in [0.25, 0.3) is 0 Å². The first-order chi connectivity index (χ1) is 8.72. The van der Waals surface area contributed by atoms with Crippen molar-refractivity contribution >= 4 is 16.6 Å². The number of hydrogen-bond donors (Lipinski definition) is 1. The lowest BCUT2D eigenvalue weighted by Crippen LogP contribution is -2.09. The highest BCUT2D eigenvalue weighted by molar-refractivity contribution is 5.93. The van der Waals surface area contributed by atoms with Crippen LogP contribution in [0.3, 0.4) is 0 Å². The van der Waals surface area contributed by atoms with Gasteiger partial charge in [0, 0.05) is 11.6 Å². The Labute approximate surface area is 108 Å². The largest absolute Gasteiger partial charge is 0.491 e. The van der Waals surface area contributed by atoms with E-state index in [1.165, 1.54) is 12.8 Å². The normalized spacial score (nSPS) is 12.6. The number of fused-ring (bicyclic) bond motifs is 1.